The summed E-state index contributed by atoms with van der Waals surface area (Å²) in [5.74, 6) is 1.09. The van der Waals surface area contributed by atoms with E-state index in [9.17, 15) is 4.39 Å². The molecule has 2 rings (SSSR count). The molecule has 0 aliphatic rings. The Labute approximate surface area is 128 Å². The lowest BCUT2D eigenvalue weighted by atomic mass is 10.1. The van der Waals surface area contributed by atoms with Crippen molar-refractivity contribution in [2.24, 2.45) is 0 Å². The van der Waals surface area contributed by atoms with E-state index in [1.165, 1.54) is 12.1 Å². The van der Waals surface area contributed by atoms with E-state index in [0.717, 1.165) is 17.1 Å². The summed E-state index contributed by atoms with van der Waals surface area (Å²) in [6, 6.07) is 9.79. The minimum absolute atomic E-state index is 0.104. The van der Waals surface area contributed by atoms with E-state index < -0.39 is 0 Å². The summed E-state index contributed by atoms with van der Waals surface area (Å²) in [5, 5.41) is 3.56. The van der Waals surface area contributed by atoms with Gasteiger partial charge in [0.1, 0.15) is 17.3 Å². The van der Waals surface area contributed by atoms with E-state index in [2.05, 4.69) is 5.32 Å². The Morgan fingerprint density at radius 2 is 1.86 bits per heavy atom. The number of halogens is 2. The standard InChI is InChI=1S/C16H17ClFNO2/c1-10(19-13-7-11(17)6-12(18)8-13)15-9-14(20-2)4-5-16(15)21-3/h4-10,19H,1-3H3. The van der Waals surface area contributed by atoms with Gasteiger partial charge >= 0.3 is 0 Å². The number of anilines is 1. The zero-order valence-corrected chi connectivity index (χ0v) is 12.9. The Morgan fingerprint density at radius 3 is 2.48 bits per heavy atom. The first-order valence-electron chi connectivity index (χ1n) is 6.48. The van der Waals surface area contributed by atoms with E-state index in [1.807, 2.05) is 25.1 Å². The van der Waals surface area contributed by atoms with Crippen LogP contribution in [0.3, 0.4) is 0 Å². The molecule has 0 radical (unpaired) electrons. The first-order chi connectivity index (χ1) is 10.0. The minimum Gasteiger partial charge on any atom is -0.497 e. The topological polar surface area (TPSA) is 30.5 Å². The van der Waals surface area contributed by atoms with Crippen molar-refractivity contribution in [3.63, 3.8) is 0 Å². The number of hydrogen-bond donors (Lipinski definition) is 1. The molecule has 21 heavy (non-hydrogen) atoms. The van der Waals surface area contributed by atoms with Crippen molar-refractivity contribution in [1.29, 1.82) is 0 Å². The minimum atomic E-state index is -0.380. The number of hydrogen-bond acceptors (Lipinski definition) is 3. The van der Waals surface area contributed by atoms with Gasteiger partial charge in [-0.05, 0) is 43.3 Å². The average molecular weight is 310 g/mol. The molecule has 1 N–H and O–H groups in total. The van der Waals surface area contributed by atoms with Gasteiger partial charge in [0.2, 0.25) is 0 Å². The maximum absolute atomic E-state index is 13.4. The molecule has 0 bridgehead atoms. The highest BCUT2D eigenvalue weighted by molar-refractivity contribution is 6.30. The summed E-state index contributed by atoms with van der Waals surface area (Å²) >= 11 is 5.86. The third-order valence-electron chi connectivity index (χ3n) is 3.15. The van der Waals surface area contributed by atoms with E-state index in [0.29, 0.717) is 10.7 Å². The molecule has 0 fully saturated rings. The monoisotopic (exact) mass is 309 g/mol. The third-order valence-corrected chi connectivity index (χ3v) is 3.37. The molecule has 2 aromatic rings. The second-order valence-corrected chi connectivity index (χ2v) is 5.07. The van der Waals surface area contributed by atoms with Crippen LogP contribution in [0.1, 0.15) is 18.5 Å². The van der Waals surface area contributed by atoms with E-state index in [-0.39, 0.29) is 11.9 Å². The van der Waals surface area contributed by atoms with Crippen LogP contribution in [0.15, 0.2) is 36.4 Å². The second kappa shape index (κ2) is 6.68. The highest BCUT2D eigenvalue weighted by Gasteiger charge is 2.13. The van der Waals surface area contributed by atoms with Crippen LogP contribution < -0.4 is 14.8 Å². The Morgan fingerprint density at radius 1 is 1.10 bits per heavy atom. The largest absolute Gasteiger partial charge is 0.497 e. The number of methoxy groups -OCH3 is 2. The van der Waals surface area contributed by atoms with Gasteiger partial charge < -0.3 is 14.8 Å². The molecule has 0 spiro atoms. The van der Waals surface area contributed by atoms with E-state index in [4.69, 9.17) is 21.1 Å². The summed E-state index contributed by atoms with van der Waals surface area (Å²) in [4.78, 5) is 0. The molecular formula is C16H17ClFNO2. The summed E-state index contributed by atoms with van der Waals surface area (Å²) in [5.41, 5.74) is 1.52. The molecule has 0 aliphatic carbocycles. The van der Waals surface area contributed by atoms with Crippen molar-refractivity contribution in [2.45, 2.75) is 13.0 Å². The Kier molecular flexibility index (Phi) is 4.91. The number of benzene rings is 2. The number of nitrogens with one attached hydrogen (secondary N) is 1. The van der Waals surface area contributed by atoms with Crippen LogP contribution in [0.25, 0.3) is 0 Å². The molecule has 0 heterocycles. The van der Waals surface area contributed by atoms with Crippen molar-refractivity contribution < 1.29 is 13.9 Å². The van der Waals surface area contributed by atoms with Crippen LogP contribution in [0.2, 0.25) is 5.02 Å². The molecular weight excluding hydrogens is 293 g/mol. The lowest BCUT2D eigenvalue weighted by Gasteiger charge is -2.19. The van der Waals surface area contributed by atoms with Gasteiger partial charge in [-0.3, -0.25) is 0 Å². The predicted molar refractivity (Wildman–Crippen MR) is 83.0 cm³/mol. The molecule has 0 saturated carbocycles. The van der Waals surface area contributed by atoms with Crippen LogP contribution in [0.4, 0.5) is 10.1 Å². The smallest absolute Gasteiger partial charge is 0.126 e. The molecule has 0 aliphatic heterocycles. The van der Waals surface area contributed by atoms with Gasteiger partial charge in [0, 0.05) is 16.3 Å². The van der Waals surface area contributed by atoms with Crippen LogP contribution in [-0.4, -0.2) is 14.2 Å². The summed E-state index contributed by atoms with van der Waals surface area (Å²) < 4.78 is 24.0. The van der Waals surface area contributed by atoms with E-state index in [1.54, 1.807) is 20.3 Å². The van der Waals surface area contributed by atoms with Gasteiger partial charge in [-0.15, -0.1) is 0 Å². The molecule has 5 heteroatoms. The Balaban J connectivity index is 2.28. The lowest BCUT2D eigenvalue weighted by Crippen LogP contribution is -2.08. The highest BCUT2D eigenvalue weighted by atomic mass is 35.5. The zero-order chi connectivity index (χ0) is 15.4. The molecule has 2 aromatic carbocycles. The first kappa shape index (κ1) is 15.4. The fourth-order valence-corrected chi connectivity index (χ4v) is 2.36. The van der Waals surface area contributed by atoms with Gasteiger partial charge in [-0.2, -0.15) is 0 Å². The predicted octanol–water partition coefficient (Wildman–Crippen LogP) is 4.67. The first-order valence-corrected chi connectivity index (χ1v) is 6.86. The fraction of sp³-hybridized carbons (Fsp3) is 0.250. The maximum Gasteiger partial charge on any atom is 0.126 e. The quantitative estimate of drug-likeness (QED) is 0.870. The number of ether oxygens (including phenoxy) is 2. The maximum atomic E-state index is 13.4. The van der Waals surface area contributed by atoms with Gasteiger partial charge in [0.05, 0.1) is 20.3 Å². The molecule has 0 amide bonds. The van der Waals surface area contributed by atoms with Crippen molar-refractivity contribution in [1.82, 2.24) is 0 Å². The molecule has 1 unspecified atom stereocenters. The lowest BCUT2D eigenvalue weighted by molar-refractivity contribution is 0.397. The fourth-order valence-electron chi connectivity index (χ4n) is 2.14. The highest BCUT2D eigenvalue weighted by Crippen LogP contribution is 2.31. The second-order valence-electron chi connectivity index (χ2n) is 4.63. The van der Waals surface area contributed by atoms with Gasteiger partial charge in [-0.25, -0.2) is 4.39 Å². The summed E-state index contributed by atoms with van der Waals surface area (Å²) in [7, 11) is 3.22. The summed E-state index contributed by atoms with van der Waals surface area (Å²) in [6.45, 7) is 1.95. The van der Waals surface area contributed by atoms with Gasteiger partial charge in [0.25, 0.3) is 0 Å². The van der Waals surface area contributed by atoms with Gasteiger partial charge in [0.15, 0.2) is 0 Å². The molecule has 1 atom stereocenters. The van der Waals surface area contributed by atoms with Crippen LogP contribution in [0.5, 0.6) is 11.5 Å². The summed E-state index contributed by atoms with van der Waals surface area (Å²) in [6.07, 6.45) is 0. The van der Waals surface area contributed by atoms with E-state index >= 15 is 0 Å². The van der Waals surface area contributed by atoms with Crippen LogP contribution in [0, 0.1) is 5.82 Å². The van der Waals surface area contributed by atoms with Crippen molar-refractivity contribution >= 4 is 17.3 Å². The average Bonchev–Trinajstić information content (AvgIpc) is 2.45. The number of rotatable bonds is 5. The molecule has 0 aromatic heterocycles. The normalized spacial score (nSPS) is 11.9. The molecule has 3 nitrogen and oxygen atoms in total. The molecule has 112 valence electrons. The SMILES string of the molecule is COc1ccc(OC)c(C(C)Nc2cc(F)cc(Cl)c2)c1. The van der Waals surface area contributed by atoms with Crippen molar-refractivity contribution in [3.8, 4) is 11.5 Å². The molecule has 0 saturated heterocycles. The Hall–Kier alpha value is -1.94. The van der Waals surface area contributed by atoms with Gasteiger partial charge in [-0.1, -0.05) is 11.6 Å². The third kappa shape index (κ3) is 3.79. The van der Waals surface area contributed by atoms with Crippen molar-refractivity contribution in [2.75, 3.05) is 19.5 Å². The van der Waals surface area contributed by atoms with Crippen molar-refractivity contribution in [3.05, 3.63) is 52.8 Å². The van der Waals surface area contributed by atoms with Crippen LogP contribution in [-0.2, 0) is 0 Å². The van der Waals surface area contributed by atoms with Crippen LogP contribution >= 0.6 is 11.6 Å². The Bertz CT molecular complexity index is 613. The zero-order valence-electron chi connectivity index (χ0n) is 12.1.